The molecule has 0 fully saturated rings. The Hall–Kier alpha value is -1.92. The second-order valence-corrected chi connectivity index (χ2v) is 3.96. The number of nitrogens with zero attached hydrogens (tertiary/aromatic N) is 4. The Morgan fingerprint density at radius 3 is 2.61 bits per heavy atom. The van der Waals surface area contributed by atoms with Gasteiger partial charge >= 0.3 is 6.01 Å². The summed E-state index contributed by atoms with van der Waals surface area (Å²) in [6.07, 6.45) is 1.32. The van der Waals surface area contributed by atoms with Gasteiger partial charge in [-0.15, -0.1) is 0 Å². The molecule has 0 atom stereocenters. The van der Waals surface area contributed by atoms with Crippen LogP contribution in [0.25, 0.3) is 0 Å². The van der Waals surface area contributed by atoms with E-state index in [4.69, 9.17) is 4.74 Å². The first-order chi connectivity index (χ1) is 8.56. The minimum atomic E-state index is -0.0108. The summed E-state index contributed by atoms with van der Waals surface area (Å²) < 4.78 is 5.00. The van der Waals surface area contributed by atoms with Gasteiger partial charge in [-0.2, -0.15) is 15.0 Å². The molecule has 0 radical (unpaired) electrons. The Labute approximate surface area is 107 Å². The van der Waals surface area contributed by atoms with Crippen molar-refractivity contribution in [1.29, 1.82) is 0 Å². The summed E-state index contributed by atoms with van der Waals surface area (Å²) in [6.45, 7) is 2.23. The molecule has 1 amide bonds. The van der Waals surface area contributed by atoms with Crippen LogP contribution in [0.1, 0.15) is 25.6 Å². The summed E-state index contributed by atoms with van der Waals surface area (Å²) in [5, 5.41) is 2.75. The highest BCUT2D eigenvalue weighted by molar-refractivity contribution is 5.75. The number of aromatic nitrogens is 3. The van der Waals surface area contributed by atoms with Gasteiger partial charge in [-0.3, -0.25) is 4.79 Å². The Morgan fingerprint density at radius 1 is 1.33 bits per heavy atom. The van der Waals surface area contributed by atoms with Gasteiger partial charge in [0, 0.05) is 20.5 Å². The van der Waals surface area contributed by atoms with Gasteiger partial charge in [0.05, 0.1) is 13.7 Å². The van der Waals surface area contributed by atoms with E-state index in [-0.39, 0.29) is 18.5 Å². The van der Waals surface area contributed by atoms with Crippen molar-refractivity contribution in [2.24, 2.45) is 0 Å². The molecule has 1 N–H and O–H groups in total. The van der Waals surface area contributed by atoms with Gasteiger partial charge in [0.1, 0.15) is 0 Å². The SMILES string of the molecule is CCCC(=O)NCc1nc(OC)nc(N(C)C)n1. The van der Waals surface area contributed by atoms with Crippen molar-refractivity contribution in [3.8, 4) is 6.01 Å². The third-order valence-corrected chi connectivity index (χ3v) is 2.15. The van der Waals surface area contributed by atoms with Gasteiger partial charge in [0.15, 0.2) is 5.82 Å². The van der Waals surface area contributed by atoms with E-state index in [2.05, 4.69) is 20.3 Å². The van der Waals surface area contributed by atoms with Gasteiger partial charge in [-0.05, 0) is 6.42 Å². The highest BCUT2D eigenvalue weighted by atomic mass is 16.5. The van der Waals surface area contributed by atoms with Crippen molar-refractivity contribution in [1.82, 2.24) is 20.3 Å². The molecule has 18 heavy (non-hydrogen) atoms. The van der Waals surface area contributed by atoms with Gasteiger partial charge in [-0.25, -0.2) is 0 Å². The zero-order valence-corrected chi connectivity index (χ0v) is 11.2. The number of carbonyl (C=O) groups is 1. The molecular weight excluding hydrogens is 234 g/mol. The molecule has 7 nitrogen and oxygen atoms in total. The first-order valence-electron chi connectivity index (χ1n) is 5.79. The number of rotatable bonds is 6. The molecule has 0 spiro atoms. The smallest absolute Gasteiger partial charge is 0.321 e. The van der Waals surface area contributed by atoms with E-state index in [1.807, 2.05) is 21.0 Å². The molecule has 0 saturated carbocycles. The highest BCUT2D eigenvalue weighted by Gasteiger charge is 2.09. The zero-order valence-electron chi connectivity index (χ0n) is 11.2. The predicted molar refractivity (Wildman–Crippen MR) is 67.5 cm³/mol. The van der Waals surface area contributed by atoms with Crippen LogP contribution in [0.2, 0.25) is 0 Å². The van der Waals surface area contributed by atoms with Crippen molar-refractivity contribution in [3.63, 3.8) is 0 Å². The fourth-order valence-electron chi connectivity index (χ4n) is 1.25. The largest absolute Gasteiger partial charge is 0.467 e. The summed E-state index contributed by atoms with van der Waals surface area (Å²) >= 11 is 0. The average Bonchev–Trinajstić information content (AvgIpc) is 2.36. The van der Waals surface area contributed by atoms with Crippen molar-refractivity contribution in [2.75, 3.05) is 26.1 Å². The van der Waals surface area contributed by atoms with Crippen LogP contribution in [0, 0.1) is 0 Å². The van der Waals surface area contributed by atoms with E-state index in [1.54, 1.807) is 4.90 Å². The van der Waals surface area contributed by atoms with Crippen LogP contribution >= 0.6 is 0 Å². The molecule has 1 heterocycles. The lowest BCUT2D eigenvalue weighted by molar-refractivity contribution is -0.121. The van der Waals surface area contributed by atoms with Gasteiger partial charge < -0.3 is 15.0 Å². The summed E-state index contributed by atoms with van der Waals surface area (Å²) in [4.78, 5) is 25.5. The van der Waals surface area contributed by atoms with Crippen LogP contribution in [0.5, 0.6) is 6.01 Å². The third kappa shape index (κ3) is 4.15. The molecule has 0 aliphatic heterocycles. The van der Waals surface area contributed by atoms with Gasteiger partial charge in [0.2, 0.25) is 11.9 Å². The molecule has 100 valence electrons. The molecule has 0 saturated heterocycles. The molecule has 0 unspecified atom stereocenters. The molecule has 7 heteroatoms. The number of carbonyl (C=O) groups excluding carboxylic acids is 1. The van der Waals surface area contributed by atoms with Crippen LogP contribution in [-0.4, -0.2) is 42.1 Å². The second-order valence-electron chi connectivity index (χ2n) is 3.96. The fraction of sp³-hybridized carbons (Fsp3) is 0.636. The predicted octanol–water partition coefficient (Wildman–Crippen LogP) is 0.362. The van der Waals surface area contributed by atoms with Crippen molar-refractivity contribution in [2.45, 2.75) is 26.3 Å². The van der Waals surface area contributed by atoms with E-state index >= 15 is 0 Å². The van der Waals surface area contributed by atoms with Gasteiger partial charge in [-0.1, -0.05) is 6.92 Å². The zero-order chi connectivity index (χ0) is 13.5. The fourth-order valence-corrected chi connectivity index (χ4v) is 1.25. The van der Waals surface area contributed by atoms with E-state index < -0.39 is 0 Å². The quantitative estimate of drug-likeness (QED) is 0.788. The lowest BCUT2D eigenvalue weighted by Crippen LogP contribution is -2.24. The average molecular weight is 253 g/mol. The van der Waals surface area contributed by atoms with Gasteiger partial charge in [0.25, 0.3) is 0 Å². The monoisotopic (exact) mass is 253 g/mol. The standard InChI is InChI=1S/C11H19N5O2/c1-5-6-9(17)12-7-8-13-10(16(2)3)15-11(14-8)18-4/h5-7H2,1-4H3,(H,12,17). The maximum atomic E-state index is 11.4. The number of hydrogen-bond acceptors (Lipinski definition) is 6. The van der Waals surface area contributed by atoms with Crippen molar-refractivity contribution in [3.05, 3.63) is 5.82 Å². The van der Waals surface area contributed by atoms with Crippen molar-refractivity contribution >= 4 is 11.9 Å². The number of anilines is 1. The molecule has 1 aromatic rings. The number of ether oxygens (including phenoxy) is 1. The van der Waals surface area contributed by atoms with Crippen LogP contribution in [0.4, 0.5) is 5.95 Å². The number of amides is 1. The Morgan fingerprint density at radius 2 is 2.06 bits per heavy atom. The Balaban J connectivity index is 2.75. The molecular formula is C11H19N5O2. The van der Waals surface area contributed by atoms with E-state index in [0.29, 0.717) is 18.2 Å². The van der Waals surface area contributed by atoms with E-state index in [1.165, 1.54) is 7.11 Å². The lowest BCUT2D eigenvalue weighted by atomic mass is 10.3. The summed E-state index contributed by atoms with van der Waals surface area (Å²) in [5.41, 5.74) is 0. The highest BCUT2D eigenvalue weighted by Crippen LogP contribution is 2.09. The van der Waals surface area contributed by atoms with Crippen LogP contribution in [0.15, 0.2) is 0 Å². The normalized spacial score (nSPS) is 10.0. The lowest BCUT2D eigenvalue weighted by Gasteiger charge is -2.12. The summed E-state index contributed by atoms with van der Waals surface area (Å²) in [6, 6.07) is 0.244. The summed E-state index contributed by atoms with van der Waals surface area (Å²) in [7, 11) is 5.15. The number of nitrogens with one attached hydrogen (secondary N) is 1. The molecule has 1 rings (SSSR count). The minimum absolute atomic E-state index is 0.0108. The molecule has 0 aliphatic carbocycles. The van der Waals surface area contributed by atoms with Crippen molar-refractivity contribution < 1.29 is 9.53 Å². The molecule has 0 aromatic carbocycles. The first-order valence-corrected chi connectivity index (χ1v) is 5.79. The third-order valence-electron chi connectivity index (χ3n) is 2.15. The summed E-state index contributed by atoms with van der Waals surface area (Å²) in [5.74, 6) is 0.972. The molecule has 0 bridgehead atoms. The Bertz CT molecular complexity index is 408. The van der Waals surface area contributed by atoms with Crippen LogP contribution in [0.3, 0.4) is 0 Å². The first kappa shape index (κ1) is 14.1. The maximum Gasteiger partial charge on any atom is 0.321 e. The second kappa shape index (κ2) is 6.73. The number of methoxy groups -OCH3 is 1. The topological polar surface area (TPSA) is 80.2 Å². The van der Waals surface area contributed by atoms with Crippen LogP contribution in [-0.2, 0) is 11.3 Å². The van der Waals surface area contributed by atoms with E-state index in [9.17, 15) is 4.79 Å². The number of hydrogen-bond donors (Lipinski definition) is 1. The van der Waals surface area contributed by atoms with Crippen LogP contribution < -0.4 is 15.0 Å². The Kier molecular flexibility index (Phi) is 5.29. The minimum Gasteiger partial charge on any atom is -0.467 e. The maximum absolute atomic E-state index is 11.4. The van der Waals surface area contributed by atoms with E-state index in [0.717, 1.165) is 6.42 Å². The molecule has 1 aromatic heterocycles. The molecule has 0 aliphatic rings.